The highest BCUT2D eigenvalue weighted by Gasteiger charge is 2.00. The minimum atomic E-state index is 0.334. The Morgan fingerprint density at radius 3 is 2.67 bits per heavy atom. The standard InChI is InChI=1S/C6H15N3/c1-4-8-9(3)6(2)5-7/h4,6H,5,7H2,1-3H3/b8-4+. The van der Waals surface area contributed by atoms with E-state index in [1.807, 2.05) is 25.9 Å². The number of hydrazone groups is 1. The fourth-order valence-electron chi connectivity index (χ4n) is 0.448. The van der Waals surface area contributed by atoms with Gasteiger partial charge < -0.3 is 5.73 Å². The number of nitrogens with zero attached hydrogens (tertiary/aromatic N) is 2. The van der Waals surface area contributed by atoms with Crippen molar-refractivity contribution in [1.29, 1.82) is 0 Å². The van der Waals surface area contributed by atoms with Crippen LogP contribution in [0.25, 0.3) is 0 Å². The minimum absolute atomic E-state index is 0.334. The van der Waals surface area contributed by atoms with Gasteiger partial charge in [0.05, 0.1) is 6.04 Å². The predicted octanol–water partition coefficient (Wildman–Crippen LogP) is 0.271. The van der Waals surface area contributed by atoms with Crippen LogP contribution in [0.5, 0.6) is 0 Å². The highest BCUT2D eigenvalue weighted by atomic mass is 15.4. The second kappa shape index (κ2) is 4.32. The van der Waals surface area contributed by atoms with Crippen LogP contribution in [0.4, 0.5) is 0 Å². The summed E-state index contributed by atoms with van der Waals surface area (Å²) in [6.45, 7) is 4.57. The third-order valence-corrected chi connectivity index (χ3v) is 1.28. The van der Waals surface area contributed by atoms with Crippen LogP contribution in [0.1, 0.15) is 13.8 Å². The van der Waals surface area contributed by atoms with E-state index < -0.39 is 0 Å². The van der Waals surface area contributed by atoms with E-state index in [1.165, 1.54) is 0 Å². The van der Waals surface area contributed by atoms with E-state index in [0.717, 1.165) is 0 Å². The van der Waals surface area contributed by atoms with E-state index >= 15 is 0 Å². The summed E-state index contributed by atoms with van der Waals surface area (Å²) in [7, 11) is 1.91. The number of nitrogens with two attached hydrogens (primary N) is 1. The molecule has 0 aromatic heterocycles. The van der Waals surface area contributed by atoms with Gasteiger partial charge in [0.1, 0.15) is 0 Å². The Bertz CT molecular complexity index is 90.3. The molecule has 54 valence electrons. The molecule has 0 fully saturated rings. The molecule has 0 saturated heterocycles. The minimum Gasteiger partial charge on any atom is -0.328 e. The second-order valence-electron chi connectivity index (χ2n) is 2.03. The zero-order valence-electron chi connectivity index (χ0n) is 6.33. The average molecular weight is 129 g/mol. The van der Waals surface area contributed by atoms with Crippen molar-refractivity contribution in [1.82, 2.24) is 5.01 Å². The van der Waals surface area contributed by atoms with Crippen LogP contribution in [0, 0.1) is 0 Å². The van der Waals surface area contributed by atoms with Crippen LogP contribution in [0.3, 0.4) is 0 Å². The SMILES string of the molecule is C/C=N/N(C)C(C)CN. The Labute approximate surface area is 56.5 Å². The smallest absolute Gasteiger partial charge is 0.0561 e. The van der Waals surface area contributed by atoms with Crippen molar-refractivity contribution in [2.24, 2.45) is 10.8 Å². The molecular formula is C6H15N3. The maximum Gasteiger partial charge on any atom is 0.0561 e. The van der Waals surface area contributed by atoms with Crippen molar-refractivity contribution in [3.63, 3.8) is 0 Å². The van der Waals surface area contributed by atoms with E-state index in [2.05, 4.69) is 5.10 Å². The lowest BCUT2D eigenvalue weighted by molar-refractivity contribution is 0.277. The van der Waals surface area contributed by atoms with Crippen LogP contribution >= 0.6 is 0 Å². The Hall–Kier alpha value is -0.570. The van der Waals surface area contributed by atoms with E-state index in [1.54, 1.807) is 6.21 Å². The Balaban J connectivity index is 3.58. The lowest BCUT2D eigenvalue weighted by Gasteiger charge is -2.18. The fourth-order valence-corrected chi connectivity index (χ4v) is 0.448. The van der Waals surface area contributed by atoms with Gasteiger partial charge in [-0.15, -0.1) is 0 Å². The molecule has 0 aliphatic rings. The van der Waals surface area contributed by atoms with Crippen molar-refractivity contribution in [2.75, 3.05) is 13.6 Å². The molecule has 0 bridgehead atoms. The number of hydrogen-bond acceptors (Lipinski definition) is 3. The van der Waals surface area contributed by atoms with Crippen molar-refractivity contribution in [2.45, 2.75) is 19.9 Å². The third-order valence-electron chi connectivity index (χ3n) is 1.28. The molecule has 0 aliphatic heterocycles. The van der Waals surface area contributed by atoms with Gasteiger partial charge in [-0.1, -0.05) is 0 Å². The first kappa shape index (κ1) is 8.43. The first-order valence-corrected chi connectivity index (χ1v) is 3.13. The summed E-state index contributed by atoms with van der Waals surface area (Å²) in [6, 6.07) is 0.334. The van der Waals surface area contributed by atoms with Crippen molar-refractivity contribution < 1.29 is 0 Å². The van der Waals surface area contributed by atoms with Crippen molar-refractivity contribution >= 4 is 6.21 Å². The molecule has 3 heteroatoms. The first-order chi connectivity index (χ1) is 4.22. The second-order valence-corrected chi connectivity index (χ2v) is 2.03. The van der Waals surface area contributed by atoms with Gasteiger partial charge >= 0.3 is 0 Å². The molecule has 0 heterocycles. The molecule has 0 rings (SSSR count). The zero-order chi connectivity index (χ0) is 7.28. The quantitative estimate of drug-likeness (QED) is 0.439. The molecule has 9 heavy (non-hydrogen) atoms. The van der Waals surface area contributed by atoms with Gasteiger partial charge in [-0.25, -0.2) is 0 Å². The van der Waals surface area contributed by atoms with Gasteiger partial charge in [0.25, 0.3) is 0 Å². The van der Waals surface area contributed by atoms with Gasteiger partial charge in [-0.05, 0) is 13.8 Å². The maximum absolute atomic E-state index is 5.39. The molecule has 0 radical (unpaired) electrons. The molecule has 1 atom stereocenters. The summed E-state index contributed by atoms with van der Waals surface area (Å²) in [5, 5.41) is 5.87. The Morgan fingerprint density at radius 2 is 2.33 bits per heavy atom. The van der Waals surface area contributed by atoms with Gasteiger partial charge in [0, 0.05) is 19.8 Å². The van der Waals surface area contributed by atoms with Gasteiger partial charge in [-0.3, -0.25) is 5.01 Å². The molecule has 0 saturated carbocycles. The van der Waals surface area contributed by atoms with Gasteiger partial charge in [0.15, 0.2) is 0 Å². The molecule has 0 aromatic carbocycles. The number of likely N-dealkylation sites (N-methyl/N-ethyl adjacent to an activating group) is 1. The average Bonchev–Trinajstić information content (AvgIpc) is 1.87. The molecule has 0 aliphatic carbocycles. The summed E-state index contributed by atoms with van der Waals surface area (Å²) in [6.07, 6.45) is 1.76. The summed E-state index contributed by atoms with van der Waals surface area (Å²) < 4.78 is 0. The van der Waals surface area contributed by atoms with E-state index in [4.69, 9.17) is 5.73 Å². The number of rotatable bonds is 3. The van der Waals surface area contributed by atoms with Crippen molar-refractivity contribution in [3.8, 4) is 0 Å². The summed E-state index contributed by atoms with van der Waals surface area (Å²) in [4.78, 5) is 0. The summed E-state index contributed by atoms with van der Waals surface area (Å²) >= 11 is 0. The molecule has 0 amide bonds. The monoisotopic (exact) mass is 129 g/mol. The van der Waals surface area contributed by atoms with Gasteiger partial charge in [0.2, 0.25) is 0 Å². The maximum atomic E-state index is 5.39. The largest absolute Gasteiger partial charge is 0.328 e. The third kappa shape index (κ3) is 3.08. The van der Waals surface area contributed by atoms with Crippen LogP contribution in [-0.4, -0.2) is 30.9 Å². The van der Waals surface area contributed by atoms with E-state index in [9.17, 15) is 0 Å². The van der Waals surface area contributed by atoms with Crippen molar-refractivity contribution in [3.05, 3.63) is 0 Å². The predicted molar refractivity (Wildman–Crippen MR) is 40.4 cm³/mol. The Kier molecular flexibility index (Phi) is 4.05. The summed E-state index contributed by atoms with van der Waals surface area (Å²) in [5.74, 6) is 0. The molecule has 3 nitrogen and oxygen atoms in total. The molecule has 1 unspecified atom stereocenters. The number of hydrogen-bond donors (Lipinski definition) is 1. The summed E-state index contributed by atoms with van der Waals surface area (Å²) in [5.41, 5.74) is 5.39. The first-order valence-electron chi connectivity index (χ1n) is 3.13. The van der Waals surface area contributed by atoms with Crippen LogP contribution in [0.2, 0.25) is 0 Å². The highest BCUT2D eigenvalue weighted by molar-refractivity contribution is 5.52. The highest BCUT2D eigenvalue weighted by Crippen LogP contribution is 1.90. The molecule has 2 N–H and O–H groups in total. The van der Waals surface area contributed by atoms with E-state index in [0.29, 0.717) is 12.6 Å². The zero-order valence-corrected chi connectivity index (χ0v) is 6.33. The van der Waals surface area contributed by atoms with E-state index in [-0.39, 0.29) is 0 Å². The lowest BCUT2D eigenvalue weighted by Crippen LogP contribution is -2.31. The topological polar surface area (TPSA) is 41.6 Å². The normalized spacial score (nSPS) is 14.2. The lowest BCUT2D eigenvalue weighted by atomic mass is 10.3. The van der Waals surface area contributed by atoms with Crippen LogP contribution in [-0.2, 0) is 0 Å². The fraction of sp³-hybridized carbons (Fsp3) is 0.833. The van der Waals surface area contributed by atoms with Crippen LogP contribution < -0.4 is 5.73 Å². The Morgan fingerprint density at radius 1 is 1.78 bits per heavy atom. The molecule has 0 aromatic rings. The van der Waals surface area contributed by atoms with Gasteiger partial charge in [-0.2, -0.15) is 5.10 Å². The molecular weight excluding hydrogens is 114 g/mol. The van der Waals surface area contributed by atoms with Crippen LogP contribution in [0.15, 0.2) is 5.10 Å². The molecule has 0 spiro atoms.